The molecule has 0 radical (unpaired) electrons. The highest BCUT2D eigenvalue weighted by atomic mass is 16.5. The van der Waals surface area contributed by atoms with Gasteiger partial charge in [0.05, 0.1) is 12.7 Å². The summed E-state index contributed by atoms with van der Waals surface area (Å²) in [7, 11) is 1.38. The molecule has 4 nitrogen and oxygen atoms in total. The zero-order chi connectivity index (χ0) is 13.2. The molecule has 3 rings (SSSR count). The number of ether oxygens (including phenoxy) is 1. The fourth-order valence-corrected chi connectivity index (χ4v) is 2.09. The number of nitrogens with zero attached hydrogens (tertiary/aromatic N) is 2. The predicted molar refractivity (Wildman–Crippen MR) is 72.0 cm³/mol. The molecule has 0 aliphatic rings. The average molecular weight is 252 g/mol. The highest BCUT2D eigenvalue weighted by Crippen LogP contribution is 2.25. The van der Waals surface area contributed by atoms with E-state index in [1.165, 1.54) is 7.11 Å². The Kier molecular flexibility index (Phi) is 2.76. The zero-order valence-electron chi connectivity index (χ0n) is 10.4. The summed E-state index contributed by atoms with van der Waals surface area (Å²) in [6.45, 7) is 0. The molecule has 2 aromatic heterocycles. The minimum absolute atomic E-state index is 0.357. The van der Waals surface area contributed by atoms with Gasteiger partial charge in [-0.1, -0.05) is 30.3 Å². The van der Waals surface area contributed by atoms with Crippen molar-refractivity contribution in [3.05, 3.63) is 60.6 Å². The first-order chi connectivity index (χ1) is 9.29. The maximum atomic E-state index is 11.9. The van der Waals surface area contributed by atoms with E-state index >= 15 is 0 Å². The summed E-state index contributed by atoms with van der Waals surface area (Å²) in [5, 5.41) is 0. The van der Waals surface area contributed by atoms with Crippen molar-refractivity contribution in [1.82, 2.24) is 9.38 Å². The molecule has 0 saturated carbocycles. The number of aromatic nitrogens is 2. The van der Waals surface area contributed by atoms with Crippen LogP contribution in [0.1, 0.15) is 10.4 Å². The number of rotatable bonds is 2. The predicted octanol–water partition coefficient (Wildman–Crippen LogP) is 2.79. The highest BCUT2D eigenvalue weighted by molar-refractivity contribution is 5.98. The summed E-state index contributed by atoms with van der Waals surface area (Å²) in [5.41, 5.74) is 3.05. The van der Waals surface area contributed by atoms with Gasteiger partial charge in [-0.15, -0.1) is 0 Å². The Bertz CT molecular complexity index is 732. The Balaban J connectivity index is 2.28. The SMILES string of the molecule is COC(=O)c1cc2nccn2cc1-c1ccccc1. The van der Waals surface area contributed by atoms with Crippen molar-refractivity contribution in [2.45, 2.75) is 0 Å². The minimum Gasteiger partial charge on any atom is -0.465 e. The minimum atomic E-state index is -0.357. The van der Waals surface area contributed by atoms with E-state index in [0.29, 0.717) is 5.56 Å². The largest absolute Gasteiger partial charge is 0.465 e. The van der Waals surface area contributed by atoms with Gasteiger partial charge in [-0.05, 0) is 11.6 Å². The molecule has 0 fully saturated rings. The topological polar surface area (TPSA) is 43.6 Å². The van der Waals surface area contributed by atoms with Gasteiger partial charge in [0.2, 0.25) is 0 Å². The van der Waals surface area contributed by atoms with Crippen LogP contribution in [-0.2, 0) is 4.74 Å². The van der Waals surface area contributed by atoms with Crippen LogP contribution in [0.2, 0.25) is 0 Å². The second-order valence-electron chi connectivity index (χ2n) is 4.15. The molecule has 2 heterocycles. The fourth-order valence-electron chi connectivity index (χ4n) is 2.09. The number of benzene rings is 1. The molecule has 0 unspecified atom stereocenters. The summed E-state index contributed by atoms with van der Waals surface area (Å²) in [6.07, 6.45) is 5.44. The van der Waals surface area contributed by atoms with E-state index in [1.54, 1.807) is 12.3 Å². The maximum absolute atomic E-state index is 11.9. The van der Waals surface area contributed by atoms with Gasteiger partial charge in [0.15, 0.2) is 0 Å². The zero-order valence-corrected chi connectivity index (χ0v) is 10.4. The first-order valence-electron chi connectivity index (χ1n) is 5.90. The van der Waals surface area contributed by atoms with Gasteiger partial charge in [0.1, 0.15) is 5.65 Å². The smallest absolute Gasteiger partial charge is 0.338 e. The molecule has 94 valence electrons. The lowest BCUT2D eigenvalue weighted by atomic mass is 10.0. The number of pyridine rings is 1. The number of hydrogen-bond donors (Lipinski definition) is 0. The van der Waals surface area contributed by atoms with E-state index in [0.717, 1.165) is 16.8 Å². The summed E-state index contributed by atoms with van der Waals surface area (Å²) in [5.74, 6) is -0.357. The second-order valence-corrected chi connectivity index (χ2v) is 4.15. The summed E-state index contributed by atoms with van der Waals surface area (Å²) in [4.78, 5) is 16.1. The van der Waals surface area contributed by atoms with Crippen molar-refractivity contribution < 1.29 is 9.53 Å². The summed E-state index contributed by atoms with van der Waals surface area (Å²) >= 11 is 0. The third kappa shape index (κ3) is 1.97. The summed E-state index contributed by atoms with van der Waals surface area (Å²) < 4.78 is 6.73. The van der Waals surface area contributed by atoms with E-state index in [1.807, 2.05) is 47.1 Å². The molecule has 0 N–H and O–H groups in total. The Morgan fingerprint density at radius 1 is 1.26 bits per heavy atom. The van der Waals surface area contributed by atoms with Crippen molar-refractivity contribution in [2.24, 2.45) is 0 Å². The number of imidazole rings is 1. The molecule has 0 aliphatic heterocycles. The lowest BCUT2D eigenvalue weighted by molar-refractivity contribution is 0.0601. The lowest BCUT2D eigenvalue weighted by Crippen LogP contribution is -2.05. The number of methoxy groups -OCH3 is 1. The van der Waals surface area contributed by atoms with E-state index in [9.17, 15) is 4.79 Å². The molecule has 1 aromatic carbocycles. The van der Waals surface area contributed by atoms with Crippen LogP contribution in [0, 0.1) is 0 Å². The maximum Gasteiger partial charge on any atom is 0.338 e. The Hall–Kier alpha value is -2.62. The Morgan fingerprint density at radius 3 is 2.79 bits per heavy atom. The van der Waals surface area contributed by atoms with E-state index in [4.69, 9.17) is 4.74 Å². The van der Waals surface area contributed by atoms with Crippen molar-refractivity contribution in [2.75, 3.05) is 7.11 Å². The molecular weight excluding hydrogens is 240 g/mol. The van der Waals surface area contributed by atoms with Crippen LogP contribution in [0.3, 0.4) is 0 Å². The molecule has 3 aromatic rings. The fraction of sp³-hybridized carbons (Fsp3) is 0.0667. The highest BCUT2D eigenvalue weighted by Gasteiger charge is 2.15. The quantitative estimate of drug-likeness (QED) is 0.659. The first-order valence-corrected chi connectivity index (χ1v) is 5.90. The standard InChI is InChI=1S/C15H12N2O2/c1-19-15(18)12-9-14-16-7-8-17(14)10-13(12)11-5-3-2-4-6-11/h2-10H,1H3. The second kappa shape index (κ2) is 4.57. The molecular formula is C15H12N2O2. The van der Waals surface area contributed by atoms with Crippen LogP contribution in [0.5, 0.6) is 0 Å². The normalized spacial score (nSPS) is 10.6. The molecule has 0 spiro atoms. The lowest BCUT2D eigenvalue weighted by Gasteiger charge is -2.09. The number of fused-ring (bicyclic) bond motifs is 1. The number of esters is 1. The number of carbonyl (C=O) groups excluding carboxylic acids is 1. The van der Waals surface area contributed by atoms with Crippen LogP contribution in [0.25, 0.3) is 16.8 Å². The number of carbonyl (C=O) groups is 1. The Morgan fingerprint density at radius 2 is 2.05 bits per heavy atom. The van der Waals surface area contributed by atoms with Crippen LogP contribution in [0.15, 0.2) is 55.0 Å². The van der Waals surface area contributed by atoms with Crippen LogP contribution >= 0.6 is 0 Å². The van der Waals surface area contributed by atoms with Crippen molar-refractivity contribution in [3.63, 3.8) is 0 Å². The molecule has 0 saturated heterocycles. The van der Waals surface area contributed by atoms with Gasteiger partial charge in [0.25, 0.3) is 0 Å². The number of hydrogen-bond acceptors (Lipinski definition) is 3. The third-order valence-electron chi connectivity index (χ3n) is 3.02. The van der Waals surface area contributed by atoms with Gasteiger partial charge < -0.3 is 9.14 Å². The van der Waals surface area contributed by atoms with Gasteiger partial charge in [-0.25, -0.2) is 9.78 Å². The Labute approximate surface area is 110 Å². The van der Waals surface area contributed by atoms with Crippen molar-refractivity contribution in [1.29, 1.82) is 0 Å². The molecule has 0 aliphatic carbocycles. The monoisotopic (exact) mass is 252 g/mol. The first kappa shape index (κ1) is 11.5. The molecule has 0 amide bonds. The van der Waals surface area contributed by atoms with Crippen LogP contribution in [-0.4, -0.2) is 22.5 Å². The van der Waals surface area contributed by atoms with Crippen molar-refractivity contribution >= 4 is 11.6 Å². The van der Waals surface area contributed by atoms with Gasteiger partial charge in [0, 0.05) is 24.2 Å². The molecule has 19 heavy (non-hydrogen) atoms. The van der Waals surface area contributed by atoms with Crippen molar-refractivity contribution in [3.8, 4) is 11.1 Å². The van der Waals surface area contributed by atoms with Gasteiger partial charge >= 0.3 is 5.97 Å². The van der Waals surface area contributed by atoms with E-state index < -0.39 is 0 Å². The van der Waals surface area contributed by atoms with E-state index in [2.05, 4.69) is 4.98 Å². The molecule has 0 bridgehead atoms. The van der Waals surface area contributed by atoms with Crippen LogP contribution < -0.4 is 0 Å². The molecule has 4 heteroatoms. The third-order valence-corrected chi connectivity index (χ3v) is 3.02. The van der Waals surface area contributed by atoms with E-state index in [-0.39, 0.29) is 5.97 Å². The molecule has 0 atom stereocenters. The van der Waals surface area contributed by atoms with Crippen LogP contribution in [0.4, 0.5) is 0 Å². The van der Waals surface area contributed by atoms with Gasteiger partial charge in [-0.2, -0.15) is 0 Å². The van der Waals surface area contributed by atoms with Gasteiger partial charge in [-0.3, -0.25) is 0 Å². The summed E-state index contributed by atoms with van der Waals surface area (Å²) in [6, 6.07) is 11.5. The average Bonchev–Trinajstić information content (AvgIpc) is 2.93.